The number of hydrogen-bond donors (Lipinski definition) is 0. The largest absolute Gasteiger partial charge is 0.440 e. The number of nitrogens with zero attached hydrogens (tertiary/aromatic N) is 2. The van der Waals surface area contributed by atoms with Gasteiger partial charge in [0.05, 0.1) is 11.4 Å². The molecule has 0 aliphatic rings. The molecule has 5 heteroatoms. The summed E-state index contributed by atoms with van der Waals surface area (Å²) in [5, 5.41) is 4.45. The van der Waals surface area contributed by atoms with Crippen LogP contribution in [0, 0.1) is 6.92 Å². The number of esters is 1. The van der Waals surface area contributed by atoms with Crippen molar-refractivity contribution in [2.24, 2.45) is 0 Å². The quantitative estimate of drug-likeness (QED) is 0.111. The number of rotatable bonds is 20. The van der Waals surface area contributed by atoms with Gasteiger partial charge in [-0.3, -0.25) is 4.79 Å². The molecule has 0 radical (unpaired) electrons. The van der Waals surface area contributed by atoms with Crippen LogP contribution < -0.4 is 4.74 Å². The van der Waals surface area contributed by atoms with Crippen LogP contribution in [0.1, 0.15) is 115 Å². The van der Waals surface area contributed by atoms with E-state index < -0.39 is 0 Å². The van der Waals surface area contributed by atoms with Gasteiger partial charge in [0.25, 0.3) is 0 Å². The second-order valence-corrected chi connectivity index (χ2v) is 9.35. The van der Waals surface area contributed by atoms with Crippen LogP contribution in [-0.4, -0.2) is 22.5 Å². The van der Waals surface area contributed by atoms with Gasteiger partial charge in [0.2, 0.25) is 12.7 Å². The Hall–Kier alpha value is -2.30. The zero-order valence-corrected chi connectivity index (χ0v) is 21.6. The molecular weight excluding hydrogens is 424 g/mol. The molecule has 0 fully saturated rings. The fourth-order valence-corrected chi connectivity index (χ4v) is 4.20. The van der Waals surface area contributed by atoms with Gasteiger partial charge in [0.15, 0.2) is 0 Å². The SMILES string of the molecule is CCCCCCCCCCCCCCCCCC(=O)OCOc1cc(C)nn1-c1ccccc1. The third kappa shape index (κ3) is 12.2. The highest BCUT2D eigenvalue weighted by Gasteiger charge is 2.10. The van der Waals surface area contributed by atoms with Crippen LogP contribution in [0.4, 0.5) is 0 Å². The third-order valence-corrected chi connectivity index (χ3v) is 6.21. The Bertz CT molecular complexity index is 773. The van der Waals surface area contributed by atoms with E-state index >= 15 is 0 Å². The Kier molecular flexibility index (Phi) is 14.9. The highest BCUT2D eigenvalue weighted by atomic mass is 16.7. The molecule has 1 aromatic heterocycles. The molecule has 0 atom stereocenters. The van der Waals surface area contributed by atoms with E-state index in [2.05, 4.69) is 12.0 Å². The molecule has 1 aromatic carbocycles. The average Bonchev–Trinajstić information content (AvgIpc) is 3.22. The fourth-order valence-electron chi connectivity index (χ4n) is 4.20. The first kappa shape index (κ1) is 27.9. The number of carbonyl (C=O) groups excluding carboxylic acids is 1. The smallest absolute Gasteiger partial charge is 0.308 e. The van der Waals surface area contributed by atoms with Gasteiger partial charge < -0.3 is 9.47 Å². The van der Waals surface area contributed by atoms with Crippen LogP contribution in [0.3, 0.4) is 0 Å². The van der Waals surface area contributed by atoms with Crippen LogP contribution in [-0.2, 0) is 9.53 Å². The molecule has 0 spiro atoms. The van der Waals surface area contributed by atoms with Crippen molar-refractivity contribution in [3.8, 4) is 11.6 Å². The molecule has 0 bridgehead atoms. The lowest BCUT2D eigenvalue weighted by atomic mass is 10.0. The number of para-hydroxylation sites is 1. The molecular formula is C29H46N2O3. The molecule has 1 heterocycles. The zero-order valence-electron chi connectivity index (χ0n) is 21.6. The van der Waals surface area contributed by atoms with E-state index in [0.29, 0.717) is 12.3 Å². The van der Waals surface area contributed by atoms with Crippen LogP contribution in [0.25, 0.3) is 5.69 Å². The maximum absolute atomic E-state index is 12.0. The minimum absolute atomic E-state index is 0.0878. The Morgan fingerprint density at radius 3 is 1.88 bits per heavy atom. The van der Waals surface area contributed by atoms with Gasteiger partial charge in [-0.1, -0.05) is 115 Å². The van der Waals surface area contributed by atoms with Gasteiger partial charge in [-0.2, -0.15) is 5.10 Å². The zero-order chi connectivity index (χ0) is 24.3. The molecule has 0 saturated carbocycles. The normalized spacial score (nSPS) is 11.0. The van der Waals surface area contributed by atoms with Crippen LogP contribution in [0.5, 0.6) is 5.88 Å². The van der Waals surface area contributed by atoms with Crippen molar-refractivity contribution in [3.05, 3.63) is 42.1 Å². The van der Waals surface area contributed by atoms with E-state index in [9.17, 15) is 4.79 Å². The molecule has 0 aliphatic heterocycles. The Balaban J connectivity index is 1.42. The highest BCUT2D eigenvalue weighted by Crippen LogP contribution is 2.19. The van der Waals surface area contributed by atoms with Crippen LogP contribution in [0.15, 0.2) is 36.4 Å². The predicted molar refractivity (Wildman–Crippen MR) is 139 cm³/mol. The van der Waals surface area contributed by atoms with Gasteiger partial charge >= 0.3 is 5.97 Å². The highest BCUT2D eigenvalue weighted by molar-refractivity contribution is 5.69. The minimum atomic E-state index is -0.197. The predicted octanol–water partition coefficient (Wildman–Crippen LogP) is 8.32. The van der Waals surface area contributed by atoms with Gasteiger partial charge in [0, 0.05) is 12.5 Å². The fraction of sp³-hybridized carbons (Fsp3) is 0.655. The van der Waals surface area contributed by atoms with Crippen LogP contribution >= 0.6 is 0 Å². The molecule has 2 rings (SSSR count). The number of hydrogen-bond acceptors (Lipinski definition) is 4. The summed E-state index contributed by atoms with van der Waals surface area (Å²) in [7, 11) is 0. The Morgan fingerprint density at radius 2 is 1.32 bits per heavy atom. The maximum atomic E-state index is 12.0. The topological polar surface area (TPSA) is 53.4 Å². The number of ether oxygens (including phenoxy) is 2. The first-order valence-corrected chi connectivity index (χ1v) is 13.6. The molecule has 0 unspecified atom stereocenters. The summed E-state index contributed by atoms with van der Waals surface area (Å²) in [4.78, 5) is 12.0. The summed E-state index contributed by atoms with van der Waals surface area (Å²) in [5.74, 6) is 0.376. The molecule has 0 saturated heterocycles. The van der Waals surface area contributed by atoms with E-state index in [4.69, 9.17) is 9.47 Å². The second-order valence-electron chi connectivity index (χ2n) is 9.35. The summed E-state index contributed by atoms with van der Waals surface area (Å²) in [6.07, 6.45) is 20.2. The lowest BCUT2D eigenvalue weighted by Crippen LogP contribution is -2.12. The maximum Gasteiger partial charge on any atom is 0.308 e. The molecule has 0 N–H and O–H groups in total. The number of aryl methyl sites for hydroxylation is 1. The van der Waals surface area contributed by atoms with E-state index in [1.807, 2.05) is 43.3 Å². The van der Waals surface area contributed by atoms with Crippen molar-refractivity contribution < 1.29 is 14.3 Å². The molecule has 5 nitrogen and oxygen atoms in total. The molecule has 0 aliphatic carbocycles. The lowest BCUT2D eigenvalue weighted by Gasteiger charge is -2.09. The first-order chi connectivity index (χ1) is 16.7. The van der Waals surface area contributed by atoms with E-state index in [1.54, 1.807) is 4.68 Å². The summed E-state index contributed by atoms with van der Waals surface area (Å²) >= 11 is 0. The van der Waals surface area contributed by atoms with Crippen molar-refractivity contribution in [1.29, 1.82) is 0 Å². The number of aromatic nitrogens is 2. The summed E-state index contributed by atoms with van der Waals surface area (Å²) in [5.41, 5.74) is 1.76. The monoisotopic (exact) mass is 470 g/mol. The van der Waals surface area contributed by atoms with Crippen molar-refractivity contribution in [2.45, 2.75) is 117 Å². The van der Waals surface area contributed by atoms with Crippen molar-refractivity contribution in [1.82, 2.24) is 9.78 Å². The van der Waals surface area contributed by atoms with Gasteiger partial charge in [-0.15, -0.1) is 0 Å². The van der Waals surface area contributed by atoms with Gasteiger partial charge in [-0.05, 0) is 25.5 Å². The van der Waals surface area contributed by atoms with Crippen LogP contribution in [0.2, 0.25) is 0 Å². The third-order valence-electron chi connectivity index (χ3n) is 6.21. The minimum Gasteiger partial charge on any atom is -0.440 e. The number of carbonyl (C=O) groups is 1. The van der Waals surface area contributed by atoms with Crippen molar-refractivity contribution in [3.63, 3.8) is 0 Å². The summed E-state index contributed by atoms with van der Waals surface area (Å²) in [6, 6.07) is 11.6. The Morgan fingerprint density at radius 1 is 0.794 bits per heavy atom. The van der Waals surface area contributed by atoms with E-state index in [1.165, 1.54) is 83.5 Å². The molecule has 34 heavy (non-hydrogen) atoms. The summed E-state index contributed by atoms with van der Waals surface area (Å²) < 4.78 is 12.7. The average molecular weight is 471 g/mol. The first-order valence-electron chi connectivity index (χ1n) is 13.6. The lowest BCUT2D eigenvalue weighted by molar-refractivity contribution is -0.150. The molecule has 190 valence electrons. The molecule has 2 aromatic rings. The van der Waals surface area contributed by atoms with Crippen molar-refractivity contribution in [2.75, 3.05) is 6.79 Å². The van der Waals surface area contributed by atoms with E-state index in [0.717, 1.165) is 24.2 Å². The second kappa shape index (κ2) is 18.1. The summed E-state index contributed by atoms with van der Waals surface area (Å²) in [6.45, 7) is 4.10. The standard InChI is InChI=1S/C29H46N2O3/c1-3-4-5-6-7-8-9-10-11-12-13-14-15-16-20-23-29(32)34-25-33-28-24-26(2)30-31(28)27-21-18-17-19-22-27/h17-19,21-22,24H,3-16,20,23,25H2,1-2H3. The number of benzene rings is 1. The molecule has 0 amide bonds. The van der Waals surface area contributed by atoms with Gasteiger partial charge in [0.1, 0.15) is 0 Å². The number of unbranched alkanes of at least 4 members (excludes halogenated alkanes) is 14. The Labute approximate surface area is 207 Å². The van der Waals surface area contributed by atoms with Gasteiger partial charge in [-0.25, -0.2) is 4.68 Å². The van der Waals surface area contributed by atoms with E-state index in [-0.39, 0.29) is 12.8 Å². The van der Waals surface area contributed by atoms with Crippen molar-refractivity contribution >= 4 is 5.97 Å².